The van der Waals surface area contributed by atoms with Gasteiger partial charge in [-0.2, -0.15) is 0 Å². The molecule has 1 saturated heterocycles. The maximum atomic E-state index is 11.7. The molecule has 3 rings (SSSR count). The van der Waals surface area contributed by atoms with E-state index in [2.05, 4.69) is 68.2 Å². The number of Topliss-reactive ketones (excluding diaryl/α,β-unsaturated/α-hetero) is 1. The van der Waals surface area contributed by atoms with E-state index in [4.69, 9.17) is 0 Å². The van der Waals surface area contributed by atoms with Gasteiger partial charge in [0.15, 0.2) is 5.78 Å². The molecule has 0 atom stereocenters. The van der Waals surface area contributed by atoms with E-state index in [9.17, 15) is 4.79 Å². The summed E-state index contributed by atoms with van der Waals surface area (Å²) in [5.74, 6) is 0.129. The van der Waals surface area contributed by atoms with Crippen molar-refractivity contribution in [2.24, 2.45) is 0 Å². The standard InChI is InChI=1S/C19H21BrN2O/c20-14-19(23)17-6-8-18(9-7-17)22-12-10-21(11-13-22)15-16-4-2-1-3-5-16/h1-9H,10-15H2. The number of halogens is 1. The van der Waals surface area contributed by atoms with Crippen LogP contribution < -0.4 is 4.90 Å². The molecule has 0 spiro atoms. The highest BCUT2D eigenvalue weighted by atomic mass is 79.9. The SMILES string of the molecule is O=C(CBr)c1ccc(N2CCN(Cc3ccccc3)CC2)cc1. The average Bonchev–Trinajstić information content (AvgIpc) is 2.63. The Morgan fingerprint density at radius 2 is 1.57 bits per heavy atom. The highest BCUT2D eigenvalue weighted by molar-refractivity contribution is 9.09. The molecule has 1 fully saturated rings. The first kappa shape index (κ1) is 16.2. The lowest BCUT2D eigenvalue weighted by atomic mass is 10.1. The molecule has 0 aliphatic carbocycles. The Labute approximate surface area is 146 Å². The van der Waals surface area contributed by atoms with Gasteiger partial charge in [0.2, 0.25) is 0 Å². The zero-order chi connectivity index (χ0) is 16.1. The van der Waals surface area contributed by atoms with Gasteiger partial charge in [0.1, 0.15) is 0 Å². The summed E-state index contributed by atoms with van der Waals surface area (Å²) in [6.07, 6.45) is 0. The summed E-state index contributed by atoms with van der Waals surface area (Å²) in [7, 11) is 0. The Bertz CT molecular complexity index is 634. The molecule has 0 saturated carbocycles. The van der Waals surface area contributed by atoms with Crippen LogP contribution >= 0.6 is 15.9 Å². The molecule has 3 nitrogen and oxygen atoms in total. The smallest absolute Gasteiger partial charge is 0.173 e. The van der Waals surface area contributed by atoms with Crippen molar-refractivity contribution in [2.75, 3.05) is 36.4 Å². The second-order valence-corrected chi connectivity index (χ2v) is 6.41. The van der Waals surface area contributed by atoms with Crippen LogP contribution in [0.1, 0.15) is 15.9 Å². The van der Waals surface area contributed by atoms with Crippen molar-refractivity contribution < 1.29 is 4.79 Å². The number of hydrogen-bond acceptors (Lipinski definition) is 3. The summed E-state index contributed by atoms with van der Waals surface area (Å²) >= 11 is 3.21. The van der Waals surface area contributed by atoms with Crippen LogP contribution in [0.5, 0.6) is 0 Å². The number of nitrogens with zero attached hydrogens (tertiary/aromatic N) is 2. The van der Waals surface area contributed by atoms with Gasteiger partial charge >= 0.3 is 0 Å². The number of anilines is 1. The van der Waals surface area contributed by atoms with Crippen molar-refractivity contribution >= 4 is 27.4 Å². The second-order valence-electron chi connectivity index (χ2n) is 5.85. The molecular formula is C19H21BrN2O. The summed E-state index contributed by atoms with van der Waals surface area (Å²) in [5, 5.41) is 0.379. The van der Waals surface area contributed by atoms with E-state index in [1.807, 2.05) is 12.1 Å². The third-order valence-corrected chi connectivity index (χ3v) is 4.81. The molecule has 0 unspecified atom stereocenters. The molecule has 0 amide bonds. The van der Waals surface area contributed by atoms with E-state index in [0.29, 0.717) is 5.33 Å². The first-order valence-corrected chi connectivity index (χ1v) is 9.09. The van der Waals surface area contributed by atoms with E-state index in [1.54, 1.807) is 0 Å². The molecule has 1 heterocycles. The molecule has 120 valence electrons. The predicted molar refractivity (Wildman–Crippen MR) is 98.5 cm³/mol. The molecule has 0 N–H and O–H groups in total. The van der Waals surface area contributed by atoms with Crippen LogP contribution in [0.15, 0.2) is 54.6 Å². The quantitative estimate of drug-likeness (QED) is 0.591. The van der Waals surface area contributed by atoms with Crippen molar-refractivity contribution in [3.63, 3.8) is 0 Å². The fraction of sp³-hybridized carbons (Fsp3) is 0.316. The molecule has 4 heteroatoms. The maximum absolute atomic E-state index is 11.7. The molecule has 0 bridgehead atoms. The Balaban J connectivity index is 1.55. The lowest BCUT2D eigenvalue weighted by Crippen LogP contribution is -2.45. The number of piperazine rings is 1. The van der Waals surface area contributed by atoms with Gasteiger partial charge in [-0.15, -0.1) is 0 Å². The molecule has 2 aromatic rings. The number of hydrogen-bond donors (Lipinski definition) is 0. The van der Waals surface area contributed by atoms with Gasteiger partial charge in [0.25, 0.3) is 0 Å². The summed E-state index contributed by atoms with van der Waals surface area (Å²) in [6.45, 7) is 5.21. The summed E-state index contributed by atoms with van der Waals surface area (Å²) in [4.78, 5) is 16.5. The molecule has 0 aromatic heterocycles. The van der Waals surface area contributed by atoms with Crippen LogP contribution in [0.2, 0.25) is 0 Å². The van der Waals surface area contributed by atoms with Crippen LogP contribution in [-0.4, -0.2) is 42.2 Å². The van der Waals surface area contributed by atoms with E-state index < -0.39 is 0 Å². The van der Waals surface area contributed by atoms with E-state index in [-0.39, 0.29) is 5.78 Å². The third-order valence-electron chi connectivity index (χ3n) is 4.30. The highest BCUT2D eigenvalue weighted by Crippen LogP contribution is 2.18. The lowest BCUT2D eigenvalue weighted by molar-refractivity contribution is 0.102. The summed E-state index contributed by atoms with van der Waals surface area (Å²) < 4.78 is 0. The monoisotopic (exact) mass is 372 g/mol. The highest BCUT2D eigenvalue weighted by Gasteiger charge is 2.17. The Morgan fingerprint density at radius 1 is 0.913 bits per heavy atom. The number of carbonyl (C=O) groups excluding carboxylic acids is 1. The van der Waals surface area contributed by atoms with Gasteiger partial charge in [-0.25, -0.2) is 0 Å². The van der Waals surface area contributed by atoms with Crippen molar-refractivity contribution in [1.29, 1.82) is 0 Å². The zero-order valence-electron chi connectivity index (χ0n) is 13.1. The predicted octanol–water partition coefficient (Wildman–Crippen LogP) is 3.59. The number of benzene rings is 2. The molecule has 23 heavy (non-hydrogen) atoms. The molecular weight excluding hydrogens is 352 g/mol. The number of rotatable bonds is 5. The van der Waals surface area contributed by atoms with Crippen LogP contribution in [-0.2, 0) is 6.54 Å². The first-order chi connectivity index (χ1) is 11.3. The van der Waals surface area contributed by atoms with Crippen LogP contribution in [0.4, 0.5) is 5.69 Å². The summed E-state index contributed by atoms with van der Waals surface area (Å²) in [6, 6.07) is 18.6. The molecule has 1 aliphatic rings. The van der Waals surface area contributed by atoms with E-state index in [0.717, 1.165) is 38.3 Å². The minimum atomic E-state index is 0.129. The van der Waals surface area contributed by atoms with Crippen LogP contribution in [0.3, 0.4) is 0 Å². The molecule has 0 radical (unpaired) electrons. The Hall–Kier alpha value is -1.65. The number of carbonyl (C=O) groups is 1. The van der Waals surface area contributed by atoms with E-state index in [1.165, 1.54) is 11.3 Å². The van der Waals surface area contributed by atoms with Crippen LogP contribution in [0, 0.1) is 0 Å². The minimum Gasteiger partial charge on any atom is -0.369 e. The minimum absolute atomic E-state index is 0.129. The van der Waals surface area contributed by atoms with Gasteiger partial charge in [-0.1, -0.05) is 46.3 Å². The van der Waals surface area contributed by atoms with Gasteiger partial charge < -0.3 is 4.90 Å². The largest absolute Gasteiger partial charge is 0.369 e. The Kier molecular flexibility index (Phi) is 5.47. The van der Waals surface area contributed by atoms with Gasteiger partial charge in [-0.3, -0.25) is 9.69 Å². The molecule has 2 aromatic carbocycles. The maximum Gasteiger partial charge on any atom is 0.173 e. The van der Waals surface area contributed by atoms with Crippen molar-refractivity contribution in [2.45, 2.75) is 6.54 Å². The normalized spacial score (nSPS) is 15.6. The van der Waals surface area contributed by atoms with Crippen LogP contribution in [0.25, 0.3) is 0 Å². The fourth-order valence-corrected chi connectivity index (χ4v) is 3.26. The molecule has 1 aliphatic heterocycles. The van der Waals surface area contributed by atoms with Crippen molar-refractivity contribution in [1.82, 2.24) is 4.90 Å². The number of alkyl halides is 1. The van der Waals surface area contributed by atoms with Crippen molar-refractivity contribution in [3.8, 4) is 0 Å². The fourth-order valence-electron chi connectivity index (χ4n) is 2.94. The van der Waals surface area contributed by atoms with Gasteiger partial charge in [0, 0.05) is 44.0 Å². The average molecular weight is 373 g/mol. The topological polar surface area (TPSA) is 23.6 Å². The third kappa shape index (κ3) is 4.21. The Morgan fingerprint density at radius 3 is 2.17 bits per heavy atom. The van der Waals surface area contributed by atoms with Gasteiger partial charge in [0.05, 0.1) is 5.33 Å². The lowest BCUT2D eigenvalue weighted by Gasteiger charge is -2.36. The zero-order valence-corrected chi connectivity index (χ0v) is 14.7. The van der Waals surface area contributed by atoms with Gasteiger partial charge in [-0.05, 0) is 29.8 Å². The van der Waals surface area contributed by atoms with E-state index >= 15 is 0 Å². The van der Waals surface area contributed by atoms with Crippen molar-refractivity contribution in [3.05, 3.63) is 65.7 Å². The first-order valence-electron chi connectivity index (χ1n) is 7.97. The summed E-state index contributed by atoms with van der Waals surface area (Å²) in [5.41, 5.74) is 3.35. The number of ketones is 1. The second kappa shape index (κ2) is 7.75.